The van der Waals surface area contributed by atoms with Gasteiger partial charge < -0.3 is 20.9 Å². The van der Waals surface area contributed by atoms with Crippen LogP contribution >= 0.6 is 0 Å². The maximum atomic E-state index is 12.4. The molecule has 0 bridgehead atoms. The van der Waals surface area contributed by atoms with Crippen LogP contribution in [0.2, 0.25) is 0 Å². The van der Waals surface area contributed by atoms with E-state index in [0.717, 1.165) is 41.4 Å². The number of anilines is 3. The minimum atomic E-state index is -0.256. The van der Waals surface area contributed by atoms with Crippen molar-refractivity contribution < 1.29 is 9.59 Å². The number of nitrogens with one attached hydrogen (secondary N) is 3. The molecule has 1 aromatic heterocycles. The van der Waals surface area contributed by atoms with Gasteiger partial charge in [0.05, 0.1) is 0 Å². The number of urea groups is 1. The van der Waals surface area contributed by atoms with E-state index in [9.17, 15) is 9.59 Å². The lowest BCUT2D eigenvalue weighted by Gasteiger charge is -2.29. The number of rotatable bonds is 4. The van der Waals surface area contributed by atoms with Crippen LogP contribution in [0, 0.1) is 0 Å². The van der Waals surface area contributed by atoms with Crippen molar-refractivity contribution in [2.24, 2.45) is 0 Å². The number of hydrogen-bond donors (Lipinski definition) is 3. The normalized spacial score (nSPS) is 16.1. The van der Waals surface area contributed by atoms with Gasteiger partial charge in [0.2, 0.25) is 5.91 Å². The van der Waals surface area contributed by atoms with E-state index in [1.807, 2.05) is 24.3 Å². The number of carbonyl (C=O) groups is 2. The molecule has 0 saturated carbocycles. The molecule has 7 heteroatoms. The molecule has 146 valence electrons. The number of aromatic nitrogens is 1. The number of fused-ring (bicyclic) bond motifs is 1. The Labute approximate surface area is 164 Å². The summed E-state index contributed by atoms with van der Waals surface area (Å²) in [6.45, 7) is 2.45. The van der Waals surface area contributed by atoms with Gasteiger partial charge in [-0.05, 0) is 55.5 Å². The molecule has 2 aromatic rings. The Balaban J connectivity index is 1.37. The van der Waals surface area contributed by atoms with Gasteiger partial charge in [-0.25, -0.2) is 9.78 Å². The molecule has 3 amide bonds. The summed E-state index contributed by atoms with van der Waals surface area (Å²) in [4.78, 5) is 30.7. The molecule has 0 atom stereocenters. The predicted octanol–water partition coefficient (Wildman–Crippen LogP) is 3.28. The predicted molar refractivity (Wildman–Crippen MR) is 110 cm³/mol. The largest absolute Gasteiger partial charge is 0.356 e. The third kappa shape index (κ3) is 4.24. The lowest BCUT2D eigenvalue weighted by atomic mass is 10.0. The minimum absolute atomic E-state index is 0.0342. The number of pyridine rings is 1. The molecule has 1 aromatic carbocycles. The van der Waals surface area contributed by atoms with Crippen molar-refractivity contribution in [2.45, 2.75) is 38.6 Å². The second-order valence-electron chi connectivity index (χ2n) is 7.26. The molecular formula is C21H25N5O2. The van der Waals surface area contributed by atoms with Gasteiger partial charge in [0.15, 0.2) is 0 Å². The molecule has 1 saturated heterocycles. The van der Waals surface area contributed by atoms with Crippen LogP contribution in [-0.4, -0.2) is 30.0 Å². The molecule has 4 rings (SSSR count). The molecule has 0 aliphatic carbocycles. The van der Waals surface area contributed by atoms with E-state index in [-0.39, 0.29) is 11.9 Å². The topological polar surface area (TPSA) is 86.4 Å². The number of amides is 3. The van der Waals surface area contributed by atoms with E-state index in [1.165, 1.54) is 19.3 Å². The van der Waals surface area contributed by atoms with E-state index in [2.05, 4.69) is 25.8 Å². The lowest BCUT2D eigenvalue weighted by Crippen LogP contribution is -2.33. The zero-order valence-corrected chi connectivity index (χ0v) is 15.8. The van der Waals surface area contributed by atoms with Gasteiger partial charge in [0.25, 0.3) is 0 Å². The summed E-state index contributed by atoms with van der Waals surface area (Å²) in [7, 11) is 0. The second kappa shape index (κ2) is 8.29. The molecule has 7 nitrogen and oxygen atoms in total. The molecule has 0 spiro atoms. The van der Waals surface area contributed by atoms with E-state index < -0.39 is 0 Å². The van der Waals surface area contributed by atoms with E-state index in [1.54, 1.807) is 12.3 Å². The smallest absolute Gasteiger partial charge is 0.319 e. The summed E-state index contributed by atoms with van der Waals surface area (Å²) in [6, 6.07) is 9.20. The number of carbonyl (C=O) groups excluding carboxylic acids is 2. The van der Waals surface area contributed by atoms with Crippen molar-refractivity contribution in [3.05, 3.63) is 47.7 Å². The summed E-state index contributed by atoms with van der Waals surface area (Å²) < 4.78 is 0. The van der Waals surface area contributed by atoms with Crippen LogP contribution in [0.25, 0.3) is 0 Å². The third-order valence-corrected chi connectivity index (χ3v) is 5.22. The van der Waals surface area contributed by atoms with Crippen LogP contribution in [0.3, 0.4) is 0 Å². The zero-order valence-electron chi connectivity index (χ0n) is 15.8. The molecule has 3 N–H and O–H groups in total. The van der Waals surface area contributed by atoms with Gasteiger partial charge in [-0.2, -0.15) is 0 Å². The van der Waals surface area contributed by atoms with Crippen molar-refractivity contribution in [1.29, 1.82) is 0 Å². The average molecular weight is 379 g/mol. The van der Waals surface area contributed by atoms with Gasteiger partial charge in [-0.1, -0.05) is 6.07 Å². The zero-order chi connectivity index (χ0) is 19.3. The fraction of sp³-hybridized carbons (Fsp3) is 0.381. The minimum Gasteiger partial charge on any atom is -0.356 e. The maximum absolute atomic E-state index is 12.4. The van der Waals surface area contributed by atoms with Crippen molar-refractivity contribution in [3.8, 4) is 0 Å². The molecule has 0 radical (unpaired) electrons. The van der Waals surface area contributed by atoms with E-state index >= 15 is 0 Å². The van der Waals surface area contributed by atoms with E-state index in [0.29, 0.717) is 19.4 Å². The first-order valence-corrected chi connectivity index (χ1v) is 9.85. The molecule has 0 unspecified atom stereocenters. The van der Waals surface area contributed by atoms with Gasteiger partial charge in [-0.3, -0.25) is 4.79 Å². The molecule has 3 heterocycles. The van der Waals surface area contributed by atoms with Crippen molar-refractivity contribution >= 4 is 29.1 Å². The molecule has 28 heavy (non-hydrogen) atoms. The first-order chi connectivity index (χ1) is 13.7. The fourth-order valence-electron chi connectivity index (χ4n) is 3.77. The number of hydrogen-bond acceptors (Lipinski definition) is 4. The number of benzene rings is 1. The van der Waals surface area contributed by atoms with Crippen LogP contribution in [0.4, 0.5) is 22.0 Å². The highest BCUT2D eigenvalue weighted by molar-refractivity contribution is 5.95. The number of piperidine rings is 1. The Kier molecular flexibility index (Phi) is 5.41. The lowest BCUT2D eigenvalue weighted by molar-refractivity contribution is -0.116. The van der Waals surface area contributed by atoms with Gasteiger partial charge >= 0.3 is 6.03 Å². The number of aryl methyl sites for hydroxylation is 1. The summed E-state index contributed by atoms with van der Waals surface area (Å²) in [5, 5.41) is 8.65. The summed E-state index contributed by atoms with van der Waals surface area (Å²) in [6.07, 6.45) is 6.60. The standard InChI is InChI=1S/C21H25N5O2/c27-19-9-6-15-13-17(7-8-18(15)25-19)24-21(28)23-14-16-5-4-10-22-20(16)26-11-2-1-3-12-26/h4-5,7-8,10,13H,1-3,6,9,11-12,14H2,(H,25,27)(H2,23,24,28). The summed E-state index contributed by atoms with van der Waals surface area (Å²) in [5.41, 5.74) is 3.60. The fourth-order valence-corrected chi connectivity index (χ4v) is 3.77. The van der Waals surface area contributed by atoms with Crippen molar-refractivity contribution in [3.63, 3.8) is 0 Å². The first-order valence-electron chi connectivity index (χ1n) is 9.85. The Morgan fingerprint density at radius 3 is 2.86 bits per heavy atom. The Bertz CT molecular complexity index is 877. The van der Waals surface area contributed by atoms with Crippen LogP contribution < -0.4 is 20.9 Å². The SMILES string of the molecule is O=C1CCc2cc(NC(=O)NCc3cccnc3N3CCCCC3)ccc2N1. The van der Waals surface area contributed by atoms with Crippen LogP contribution in [0.1, 0.15) is 36.8 Å². The van der Waals surface area contributed by atoms with Crippen LogP contribution in [0.15, 0.2) is 36.5 Å². The van der Waals surface area contributed by atoms with Crippen molar-refractivity contribution in [2.75, 3.05) is 28.6 Å². The third-order valence-electron chi connectivity index (χ3n) is 5.22. The van der Waals surface area contributed by atoms with Gasteiger partial charge in [-0.15, -0.1) is 0 Å². The highest BCUT2D eigenvalue weighted by atomic mass is 16.2. The highest BCUT2D eigenvalue weighted by Gasteiger charge is 2.17. The maximum Gasteiger partial charge on any atom is 0.319 e. The average Bonchev–Trinajstić information content (AvgIpc) is 2.73. The van der Waals surface area contributed by atoms with E-state index in [4.69, 9.17) is 0 Å². The van der Waals surface area contributed by atoms with Crippen LogP contribution in [-0.2, 0) is 17.8 Å². The van der Waals surface area contributed by atoms with Gasteiger partial charge in [0.1, 0.15) is 5.82 Å². The summed E-state index contributed by atoms with van der Waals surface area (Å²) in [5.74, 6) is 0.999. The Morgan fingerprint density at radius 2 is 2.00 bits per heavy atom. The van der Waals surface area contributed by atoms with Gasteiger partial charge in [0, 0.05) is 49.2 Å². The Morgan fingerprint density at radius 1 is 1.14 bits per heavy atom. The van der Waals surface area contributed by atoms with Crippen molar-refractivity contribution in [1.82, 2.24) is 10.3 Å². The first kappa shape index (κ1) is 18.3. The number of nitrogens with zero attached hydrogens (tertiary/aromatic N) is 2. The quantitative estimate of drug-likeness (QED) is 0.761. The molecule has 2 aliphatic heterocycles. The van der Waals surface area contributed by atoms with Crippen LogP contribution in [0.5, 0.6) is 0 Å². The molecular weight excluding hydrogens is 354 g/mol. The molecule has 2 aliphatic rings. The Hall–Kier alpha value is -3.09. The molecule has 1 fully saturated rings. The second-order valence-corrected chi connectivity index (χ2v) is 7.26. The monoisotopic (exact) mass is 379 g/mol. The highest BCUT2D eigenvalue weighted by Crippen LogP contribution is 2.26. The summed E-state index contributed by atoms with van der Waals surface area (Å²) >= 11 is 0.